The van der Waals surface area contributed by atoms with E-state index in [4.69, 9.17) is 5.73 Å². The minimum atomic E-state index is -3.78. The van der Waals surface area contributed by atoms with Crippen LogP contribution in [0.5, 0.6) is 0 Å². The van der Waals surface area contributed by atoms with E-state index in [1.807, 2.05) is 13.8 Å². The highest BCUT2D eigenvalue weighted by Gasteiger charge is 2.27. The zero-order valence-corrected chi connectivity index (χ0v) is 17.0. The summed E-state index contributed by atoms with van der Waals surface area (Å²) in [7, 11) is -3.78. The molecule has 0 aliphatic heterocycles. The Morgan fingerprint density at radius 2 is 1.68 bits per heavy atom. The molecule has 10 heteroatoms. The van der Waals surface area contributed by atoms with Crippen molar-refractivity contribution in [2.75, 3.05) is 17.8 Å². The summed E-state index contributed by atoms with van der Waals surface area (Å²) in [5.41, 5.74) is 7.10. The Balaban J connectivity index is 0.00000392. The van der Waals surface area contributed by atoms with Gasteiger partial charge in [0.2, 0.25) is 0 Å². The quantitative estimate of drug-likeness (QED) is 0.624. The van der Waals surface area contributed by atoms with E-state index in [0.717, 1.165) is 11.1 Å². The molecule has 1 amide bonds. The molecule has 6 nitrogen and oxygen atoms in total. The first-order valence-electron chi connectivity index (χ1n) is 8.10. The summed E-state index contributed by atoms with van der Waals surface area (Å²) in [4.78, 5) is 12.0. The lowest BCUT2D eigenvalue weighted by molar-refractivity contribution is 0.0118. The molecular weight excluding hydrogens is 412 g/mol. The summed E-state index contributed by atoms with van der Waals surface area (Å²) >= 11 is 0. The van der Waals surface area contributed by atoms with Crippen molar-refractivity contribution in [2.45, 2.75) is 24.7 Å². The van der Waals surface area contributed by atoms with Crippen molar-refractivity contribution >= 4 is 34.0 Å². The molecule has 0 aliphatic carbocycles. The molecule has 0 aromatic heterocycles. The van der Waals surface area contributed by atoms with Crippen molar-refractivity contribution in [3.63, 3.8) is 0 Å². The summed E-state index contributed by atoms with van der Waals surface area (Å²) in [6.45, 7) is 1.96. The SMILES string of the molecule is Cc1ccc(S(=O)(=O)Nc2ccc(C(=O)NCC(F)(F)CN)cc2)cc1C.Cl. The normalized spacial score (nSPS) is 11.5. The topological polar surface area (TPSA) is 101 Å². The molecule has 0 aliphatic rings. The molecule has 154 valence electrons. The number of amides is 1. The van der Waals surface area contributed by atoms with Crippen molar-refractivity contribution in [2.24, 2.45) is 5.73 Å². The summed E-state index contributed by atoms with van der Waals surface area (Å²) in [6.07, 6.45) is 0. The lowest BCUT2D eigenvalue weighted by Gasteiger charge is -2.14. The molecule has 0 radical (unpaired) electrons. The Labute approximate surface area is 169 Å². The largest absolute Gasteiger partial charge is 0.346 e. The molecule has 28 heavy (non-hydrogen) atoms. The molecular formula is C18H22ClF2N3O3S. The number of sulfonamides is 1. The minimum absolute atomic E-state index is 0. The van der Waals surface area contributed by atoms with Crippen molar-refractivity contribution in [1.29, 1.82) is 0 Å². The maximum absolute atomic E-state index is 13.1. The number of nitrogens with two attached hydrogens (primary N) is 1. The van der Waals surface area contributed by atoms with Crippen LogP contribution in [0.2, 0.25) is 0 Å². The van der Waals surface area contributed by atoms with Crippen LogP contribution in [0.4, 0.5) is 14.5 Å². The first-order chi connectivity index (χ1) is 12.5. The fourth-order valence-corrected chi connectivity index (χ4v) is 3.31. The van der Waals surface area contributed by atoms with Gasteiger partial charge in [0.15, 0.2) is 0 Å². The standard InChI is InChI=1S/C18H21F2N3O3S.ClH/c1-12-3-8-16(9-13(12)2)27(25,26)23-15-6-4-14(5-7-15)17(24)22-11-18(19,20)10-21;/h3-9,23H,10-11,21H2,1-2H3,(H,22,24);1H. The van der Waals surface area contributed by atoms with Gasteiger partial charge in [0.25, 0.3) is 21.9 Å². The molecule has 0 fully saturated rings. The first kappa shape index (κ1) is 23.8. The number of anilines is 1. The van der Waals surface area contributed by atoms with Crippen LogP contribution in [0.3, 0.4) is 0 Å². The van der Waals surface area contributed by atoms with E-state index in [1.54, 1.807) is 12.1 Å². The summed E-state index contributed by atoms with van der Waals surface area (Å²) in [6, 6.07) is 10.2. The van der Waals surface area contributed by atoms with Gasteiger partial charge in [0.05, 0.1) is 18.0 Å². The van der Waals surface area contributed by atoms with Crippen LogP contribution in [0.1, 0.15) is 21.5 Å². The molecule has 2 aromatic rings. The van der Waals surface area contributed by atoms with Crippen molar-refractivity contribution in [1.82, 2.24) is 5.32 Å². The van der Waals surface area contributed by atoms with Crippen LogP contribution in [-0.2, 0) is 10.0 Å². The summed E-state index contributed by atoms with van der Waals surface area (Å²) < 4.78 is 53.5. The molecule has 4 N–H and O–H groups in total. The van der Waals surface area contributed by atoms with Gasteiger partial charge < -0.3 is 11.1 Å². The third-order valence-electron chi connectivity index (χ3n) is 3.99. The second-order valence-corrected chi connectivity index (χ2v) is 7.85. The van der Waals surface area contributed by atoms with Gasteiger partial charge in [-0.2, -0.15) is 0 Å². The monoisotopic (exact) mass is 433 g/mol. The van der Waals surface area contributed by atoms with Gasteiger partial charge in [-0.05, 0) is 61.4 Å². The number of halogens is 3. The van der Waals surface area contributed by atoms with E-state index in [-0.39, 0.29) is 28.6 Å². The van der Waals surface area contributed by atoms with Crippen LogP contribution < -0.4 is 15.8 Å². The molecule has 2 rings (SSSR count). The average molecular weight is 434 g/mol. The van der Waals surface area contributed by atoms with Crippen molar-refractivity contribution in [3.05, 3.63) is 59.2 Å². The smallest absolute Gasteiger partial charge is 0.277 e. The molecule has 0 heterocycles. The second kappa shape index (κ2) is 9.31. The van der Waals surface area contributed by atoms with Gasteiger partial charge in [-0.3, -0.25) is 9.52 Å². The van der Waals surface area contributed by atoms with Gasteiger partial charge in [0.1, 0.15) is 0 Å². The number of nitrogens with one attached hydrogen (secondary N) is 2. The molecule has 2 aromatic carbocycles. The number of rotatable bonds is 7. The predicted octanol–water partition coefficient (Wildman–Crippen LogP) is 2.85. The van der Waals surface area contributed by atoms with Crippen LogP contribution in [0.15, 0.2) is 47.4 Å². The lowest BCUT2D eigenvalue weighted by Crippen LogP contribution is -2.41. The van der Waals surface area contributed by atoms with Crippen molar-refractivity contribution < 1.29 is 22.0 Å². The van der Waals surface area contributed by atoms with Crippen LogP contribution in [0.25, 0.3) is 0 Å². The minimum Gasteiger partial charge on any atom is -0.346 e. The summed E-state index contributed by atoms with van der Waals surface area (Å²) in [5.74, 6) is -3.89. The highest BCUT2D eigenvalue weighted by atomic mass is 35.5. The Hall–Kier alpha value is -2.23. The fourth-order valence-electron chi connectivity index (χ4n) is 2.17. The third kappa shape index (κ3) is 6.15. The van der Waals surface area contributed by atoms with E-state index in [0.29, 0.717) is 0 Å². The van der Waals surface area contributed by atoms with Gasteiger partial charge in [-0.15, -0.1) is 12.4 Å². The average Bonchev–Trinajstić information content (AvgIpc) is 2.62. The van der Waals surface area contributed by atoms with Gasteiger partial charge in [0, 0.05) is 11.3 Å². The number of aryl methyl sites for hydroxylation is 2. The first-order valence-corrected chi connectivity index (χ1v) is 9.59. The third-order valence-corrected chi connectivity index (χ3v) is 5.37. The van der Waals surface area contributed by atoms with Gasteiger partial charge in [-0.25, -0.2) is 17.2 Å². The molecule has 0 bridgehead atoms. The highest BCUT2D eigenvalue weighted by Crippen LogP contribution is 2.19. The maximum atomic E-state index is 13.1. The van der Waals surface area contributed by atoms with E-state index in [1.165, 1.54) is 30.3 Å². The van der Waals surface area contributed by atoms with Crippen LogP contribution in [-0.4, -0.2) is 33.3 Å². The number of hydrogen-bond donors (Lipinski definition) is 3. The van der Waals surface area contributed by atoms with Gasteiger partial charge in [-0.1, -0.05) is 6.07 Å². The summed E-state index contributed by atoms with van der Waals surface area (Å²) in [5, 5.41) is 2.09. The zero-order valence-electron chi connectivity index (χ0n) is 15.3. The van der Waals surface area contributed by atoms with E-state index < -0.39 is 34.9 Å². The van der Waals surface area contributed by atoms with E-state index in [9.17, 15) is 22.0 Å². The zero-order chi connectivity index (χ0) is 20.2. The Kier molecular flexibility index (Phi) is 7.92. The number of alkyl halides is 2. The Morgan fingerprint density at radius 3 is 2.21 bits per heavy atom. The molecule has 0 saturated heterocycles. The molecule has 0 spiro atoms. The van der Waals surface area contributed by atoms with Crippen LogP contribution >= 0.6 is 12.4 Å². The Morgan fingerprint density at radius 1 is 1.07 bits per heavy atom. The number of hydrogen-bond acceptors (Lipinski definition) is 4. The lowest BCUT2D eigenvalue weighted by atomic mass is 10.1. The maximum Gasteiger partial charge on any atom is 0.277 e. The number of benzene rings is 2. The fraction of sp³-hybridized carbons (Fsp3) is 0.278. The second-order valence-electron chi connectivity index (χ2n) is 6.17. The van der Waals surface area contributed by atoms with E-state index >= 15 is 0 Å². The number of carbonyl (C=O) groups is 1. The highest BCUT2D eigenvalue weighted by molar-refractivity contribution is 7.92. The molecule has 0 saturated carbocycles. The predicted molar refractivity (Wildman–Crippen MR) is 107 cm³/mol. The van der Waals surface area contributed by atoms with Crippen molar-refractivity contribution in [3.8, 4) is 0 Å². The van der Waals surface area contributed by atoms with Crippen LogP contribution in [0, 0.1) is 13.8 Å². The molecule has 0 atom stereocenters. The Bertz CT molecular complexity index is 936. The van der Waals surface area contributed by atoms with E-state index in [2.05, 4.69) is 10.0 Å². The number of carbonyl (C=O) groups excluding carboxylic acids is 1. The van der Waals surface area contributed by atoms with Gasteiger partial charge >= 0.3 is 0 Å². The molecule has 0 unspecified atom stereocenters.